The summed E-state index contributed by atoms with van der Waals surface area (Å²) in [4.78, 5) is 20.5. The number of hydrogen-bond donors (Lipinski definition) is 1. The molecule has 0 spiro atoms. The Labute approximate surface area is 127 Å². The van der Waals surface area contributed by atoms with Crippen molar-refractivity contribution >= 4 is 28.8 Å². The second kappa shape index (κ2) is 6.81. The summed E-state index contributed by atoms with van der Waals surface area (Å²) in [6, 6.07) is 3.36. The van der Waals surface area contributed by atoms with Crippen LogP contribution in [0.2, 0.25) is 5.15 Å². The summed E-state index contributed by atoms with van der Waals surface area (Å²) in [5, 5.41) is 6.28. The van der Waals surface area contributed by atoms with E-state index in [1.165, 1.54) is 0 Å². The number of nitrogens with zero attached hydrogens (tertiary/aromatic N) is 2. The van der Waals surface area contributed by atoms with E-state index >= 15 is 0 Å². The Morgan fingerprint density at radius 3 is 2.80 bits per heavy atom. The highest BCUT2D eigenvalue weighted by Crippen LogP contribution is 2.12. The third kappa shape index (κ3) is 4.02. The van der Waals surface area contributed by atoms with E-state index in [-0.39, 0.29) is 5.91 Å². The fraction of sp³-hybridized carbons (Fsp3) is 0.357. The molecular weight excluding hydrogens is 294 g/mol. The van der Waals surface area contributed by atoms with Crippen molar-refractivity contribution in [2.75, 3.05) is 6.54 Å². The molecule has 2 aromatic rings. The number of halogens is 1. The predicted molar refractivity (Wildman–Crippen MR) is 81.5 cm³/mol. The van der Waals surface area contributed by atoms with E-state index in [4.69, 9.17) is 11.6 Å². The summed E-state index contributed by atoms with van der Waals surface area (Å²) in [6.07, 6.45) is 1.48. The van der Waals surface area contributed by atoms with Crippen molar-refractivity contribution in [3.05, 3.63) is 44.6 Å². The molecule has 6 heteroatoms. The SMILES string of the molecule is CCc1cc(C(=O)NCCc2csc(C)n2)cc(Cl)n1. The Bertz CT molecular complexity index is 612. The molecule has 0 bridgehead atoms. The van der Waals surface area contributed by atoms with Crippen LogP contribution in [0.3, 0.4) is 0 Å². The third-order valence-corrected chi connectivity index (χ3v) is 3.82. The Morgan fingerprint density at radius 2 is 2.15 bits per heavy atom. The summed E-state index contributed by atoms with van der Waals surface area (Å²) in [5.41, 5.74) is 2.38. The lowest BCUT2D eigenvalue weighted by atomic mass is 10.2. The van der Waals surface area contributed by atoms with Crippen LogP contribution in [0.1, 0.15) is 33.7 Å². The van der Waals surface area contributed by atoms with Gasteiger partial charge in [0.25, 0.3) is 5.91 Å². The zero-order valence-corrected chi connectivity index (χ0v) is 13.0. The van der Waals surface area contributed by atoms with Crippen LogP contribution in [0.4, 0.5) is 0 Å². The average molecular weight is 310 g/mol. The minimum Gasteiger partial charge on any atom is -0.352 e. The van der Waals surface area contributed by atoms with E-state index in [1.54, 1.807) is 23.5 Å². The number of pyridine rings is 1. The molecule has 0 unspecified atom stereocenters. The Kier molecular flexibility index (Phi) is 5.09. The molecule has 2 heterocycles. The van der Waals surface area contributed by atoms with Crippen LogP contribution in [-0.4, -0.2) is 22.4 Å². The van der Waals surface area contributed by atoms with Gasteiger partial charge < -0.3 is 5.32 Å². The molecule has 0 aliphatic heterocycles. The normalized spacial score (nSPS) is 10.6. The van der Waals surface area contributed by atoms with Crippen LogP contribution >= 0.6 is 22.9 Å². The summed E-state index contributed by atoms with van der Waals surface area (Å²) < 4.78 is 0. The smallest absolute Gasteiger partial charge is 0.251 e. The molecule has 4 nitrogen and oxygen atoms in total. The number of rotatable bonds is 5. The first-order valence-corrected chi connectivity index (χ1v) is 7.70. The number of carbonyl (C=O) groups is 1. The van der Waals surface area contributed by atoms with E-state index in [0.717, 1.165) is 29.2 Å². The lowest BCUT2D eigenvalue weighted by Gasteiger charge is -2.06. The Hall–Kier alpha value is -1.46. The van der Waals surface area contributed by atoms with Crippen molar-refractivity contribution in [1.82, 2.24) is 15.3 Å². The standard InChI is InChI=1S/C14H16ClN3OS/c1-3-11-6-10(7-13(15)18-11)14(19)16-5-4-12-8-20-9(2)17-12/h6-8H,3-5H2,1-2H3,(H,16,19). The second-order valence-electron chi connectivity index (χ2n) is 4.39. The lowest BCUT2D eigenvalue weighted by Crippen LogP contribution is -2.26. The van der Waals surface area contributed by atoms with Gasteiger partial charge in [0.2, 0.25) is 0 Å². The fourth-order valence-corrected chi connectivity index (χ4v) is 2.67. The van der Waals surface area contributed by atoms with Gasteiger partial charge in [0.1, 0.15) is 5.15 Å². The summed E-state index contributed by atoms with van der Waals surface area (Å²) in [6.45, 7) is 4.51. The van der Waals surface area contributed by atoms with Gasteiger partial charge in [-0.1, -0.05) is 18.5 Å². The number of nitrogens with one attached hydrogen (secondary N) is 1. The number of aromatic nitrogens is 2. The quantitative estimate of drug-likeness (QED) is 0.864. The first kappa shape index (κ1) is 14.9. The van der Waals surface area contributed by atoms with Gasteiger partial charge in [-0.25, -0.2) is 9.97 Å². The molecule has 2 aromatic heterocycles. The van der Waals surface area contributed by atoms with Gasteiger partial charge in [-0.3, -0.25) is 4.79 Å². The lowest BCUT2D eigenvalue weighted by molar-refractivity contribution is 0.0954. The van der Waals surface area contributed by atoms with E-state index in [2.05, 4.69) is 15.3 Å². The monoisotopic (exact) mass is 309 g/mol. The Morgan fingerprint density at radius 1 is 1.35 bits per heavy atom. The highest BCUT2D eigenvalue weighted by atomic mass is 35.5. The Balaban J connectivity index is 1.93. The van der Waals surface area contributed by atoms with Gasteiger partial charge in [-0.05, 0) is 25.5 Å². The zero-order valence-electron chi connectivity index (χ0n) is 11.4. The fourth-order valence-electron chi connectivity index (χ4n) is 1.79. The highest BCUT2D eigenvalue weighted by Gasteiger charge is 2.08. The molecule has 0 saturated carbocycles. The van der Waals surface area contributed by atoms with Gasteiger partial charge in [0, 0.05) is 29.6 Å². The molecule has 1 amide bonds. The summed E-state index contributed by atoms with van der Waals surface area (Å²) in [5.74, 6) is -0.129. The maximum atomic E-state index is 12.0. The van der Waals surface area contributed by atoms with Crippen molar-refractivity contribution in [2.24, 2.45) is 0 Å². The zero-order chi connectivity index (χ0) is 14.5. The molecular formula is C14H16ClN3OS. The topological polar surface area (TPSA) is 54.9 Å². The molecule has 0 saturated heterocycles. The van der Waals surface area contributed by atoms with Crippen LogP contribution in [0.25, 0.3) is 0 Å². The summed E-state index contributed by atoms with van der Waals surface area (Å²) in [7, 11) is 0. The van der Waals surface area contributed by atoms with Crippen molar-refractivity contribution in [1.29, 1.82) is 0 Å². The minimum atomic E-state index is -0.129. The van der Waals surface area contributed by atoms with Crippen molar-refractivity contribution in [3.8, 4) is 0 Å². The maximum absolute atomic E-state index is 12.0. The summed E-state index contributed by atoms with van der Waals surface area (Å²) >= 11 is 7.52. The second-order valence-corrected chi connectivity index (χ2v) is 5.84. The van der Waals surface area contributed by atoms with Crippen LogP contribution in [0.5, 0.6) is 0 Å². The number of aryl methyl sites for hydroxylation is 2. The van der Waals surface area contributed by atoms with Crippen LogP contribution in [0, 0.1) is 6.92 Å². The van der Waals surface area contributed by atoms with E-state index < -0.39 is 0 Å². The first-order chi connectivity index (χ1) is 9.58. The molecule has 2 rings (SSSR count). The van der Waals surface area contributed by atoms with Gasteiger partial charge in [0.15, 0.2) is 0 Å². The number of hydrogen-bond acceptors (Lipinski definition) is 4. The molecule has 20 heavy (non-hydrogen) atoms. The number of carbonyl (C=O) groups excluding carboxylic acids is 1. The molecule has 0 aliphatic carbocycles. The van der Waals surface area contributed by atoms with Gasteiger partial charge >= 0.3 is 0 Å². The third-order valence-electron chi connectivity index (χ3n) is 2.80. The molecule has 0 fully saturated rings. The van der Waals surface area contributed by atoms with E-state index in [0.29, 0.717) is 17.3 Å². The van der Waals surface area contributed by atoms with Gasteiger partial charge in [0.05, 0.1) is 10.7 Å². The van der Waals surface area contributed by atoms with E-state index in [1.807, 2.05) is 19.2 Å². The maximum Gasteiger partial charge on any atom is 0.251 e. The minimum absolute atomic E-state index is 0.129. The van der Waals surface area contributed by atoms with Crippen molar-refractivity contribution in [3.63, 3.8) is 0 Å². The highest BCUT2D eigenvalue weighted by molar-refractivity contribution is 7.09. The number of thiazole rings is 1. The van der Waals surface area contributed by atoms with Gasteiger partial charge in [-0.2, -0.15) is 0 Å². The van der Waals surface area contributed by atoms with Crippen molar-refractivity contribution in [2.45, 2.75) is 26.7 Å². The van der Waals surface area contributed by atoms with Crippen molar-refractivity contribution < 1.29 is 4.79 Å². The average Bonchev–Trinajstić information content (AvgIpc) is 2.83. The van der Waals surface area contributed by atoms with Gasteiger partial charge in [-0.15, -0.1) is 11.3 Å². The van der Waals surface area contributed by atoms with E-state index in [9.17, 15) is 4.79 Å². The molecule has 1 N–H and O–H groups in total. The number of amides is 1. The molecule has 106 valence electrons. The van der Waals surface area contributed by atoms with Crippen LogP contribution < -0.4 is 5.32 Å². The molecule has 0 atom stereocenters. The van der Waals surface area contributed by atoms with Crippen LogP contribution in [-0.2, 0) is 12.8 Å². The first-order valence-electron chi connectivity index (χ1n) is 6.44. The molecule has 0 aromatic carbocycles. The molecule has 0 radical (unpaired) electrons. The largest absolute Gasteiger partial charge is 0.352 e. The molecule has 0 aliphatic rings. The van der Waals surface area contributed by atoms with Crippen LogP contribution in [0.15, 0.2) is 17.5 Å². The predicted octanol–water partition coefficient (Wildman–Crippen LogP) is 3.03.